The Balaban J connectivity index is 2.35. The number of rotatable bonds is 3. The molecule has 2 rings (SSSR count). The van der Waals surface area contributed by atoms with Crippen LogP contribution in [0.3, 0.4) is 0 Å². The molecule has 0 amide bonds. The minimum Gasteiger partial charge on any atom is -0.493 e. The molecular weight excluding hydrogens is 234 g/mol. The van der Waals surface area contributed by atoms with Crippen molar-refractivity contribution in [3.8, 4) is 5.75 Å². The number of fused-ring (bicyclic) bond motifs is 1. The van der Waals surface area contributed by atoms with Gasteiger partial charge in [0.15, 0.2) is 0 Å². The molecule has 1 unspecified atom stereocenters. The van der Waals surface area contributed by atoms with E-state index in [-0.39, 0.29) is 0 Å². The van der Waals surface area contributed by atoms with Crippen molar-refractivity contribution in [1.29, 1.82) is 0 Å². The summed E-state index contributed by atoms with van der Waals surface area (Å²) >= 11 is 6.03. The number of hydrogen-bond donors (Lipinski definition) is 0. The first-order valence-corrected chi connectivity index (χ1v) is 6.80. The maximum absolute atomic E-state index is 6.03. The Labute approximate surface area is 109 Å². The predicted octanol–water partition coefficient (Wildman–Crippen LogP) is 3.90. The van der Waals surface area contributed by atoms with Crippen LogP contribution in [-0.4, -0.2) is 24.6 Å². The molecule has 0 saturated carbocycles. The highest BCUT2D eigenvalue weighted by molar-refractivity contribution is 6.30. The minimum atomic E-state index is 0.472. The van der Waals surface area contributed by atoms with Gasteiger partial charge in [-0.2, -0.15) is 0 Å². The Morgan fingerprint density at radius 3 is 2.82 bits per heavy atom. The molecule has 0 saturated heterocycles. The van der Waals surface area contributed by atoms with Gasteiger partial charge in [-0.3, -0.25) is 4.90 Å². The Kier molecular flexibility index (Phi) is 4.30. The molecule has 0 fully saturated rings. The third-order valence-electron chi connectivity index (χ3n) is 3.47. The van der Waals surface area contributed by atoms with Crippen LogP contribution in [0, 0.1) is 0 Å². The molecule has 94 valence electrons. The molecule has 2 nitrogen and oxygen atoms in total. The van der Waals surface area contributed by atoms with Crippen molar-refractivity contribution >= 4 is 11.6 Å². The van der Waals surface area contributed by atoms with Gasteiger partial charge < -0.3 is 4.74 Å². The predicted molar refractivity (Wildman–Crippen MR) is 71.8 cm³/mol. The quantitative estimate of drug-likeness (QED) is 0.810. The first kappa shape index (κ1) is 12.7. The highest BCUT2D eigenvalue weighted by Gasteiger charge is 2.23. The maximum atomic E-state index is 6.03. The molecule has 3 heteroatoms. The van der Waals surface area contributed by atoms with E-state index in [1.165, 1.54) is 5.56 Å². The van der Waals surface area contributed by atoms with Crippen molar-refractivity contribution in [3.05, 3.63) is 28.8 Å². The minimum absolute atomic E-state index is 0.472. The van der Waals surface area contributed by atoms with Crippen molar-refractivity contribution in [3.63, 3.8) is 0 Å². The zero-order chi connectivity index (χ0) is 12.3. The third kappa shape index (κ3) is 2.75. The van der Waals surface area contributed by atoms with Gasteiger partial charge in [-0.1, -0.05) is 31.5 Å². The molecule has 1 aromatic rings. The molecule has 1 aliphatic rings. The summed E-state index contributed by atoms with van der Waals surface area (Å²) in [5.74, 6) is 0.965. The fraction of sp³-hybridized carbons (Fsp3) is 0.571. The number of hydrogen-bond acceptors (Lipinski definition) is 2. The summed E-state index contributed by atoms with van der Waals surface area (Å²) in [5.41, 5.74) is 1.29. The van der Waals surface area contributed by atoms with Crippen molar-refractivity contribution in [2.45, 2.75) is 32.7 Å². The first-order valence-electron chi connectivity index (χ1n) is 6.42. The molecule has 0 aromatic heterocycles. The first-order chi connectivity index (χ1) is 8.26. The molecule has 1 heterocycles. The van der Waals surface area contributed by atoms with Gasteiger partial charge in [0.1, 0.15) is 5.75 Å². The van der Waals surface area contributed by atoms with E-state index < -0.39 is 0 Å². The van der Waals surface area contributed by atoms with Crippen LogP contribution in [0.25, 0.3) is 0 Å². The zero-order valence-corrected chi connectivity index (χ0v) is 11.3. The molecular formula is C14H20ClNO. The van der Waals surface area contributed by atoms with Crippen LogP contribution in [0.4, 0.5) is 0 Å². The molecule has 0 spiro atoms. The highest BCUT2D eigenvalue weighted by Crippen LogP contribution is 2.36. The van der Waals surface area contributed by atoms with Crippen molar-refractivity contribution in [2.24, 2.45) is 0 Å². The lowest BCUT2D eigenvalue weighted by Crippen LogP contribution is -2.28. The second kappa shape index (κ2) is 5.74. The van der Waals surface area contributed by atoms with Crippen LogP contribution in [0.15, 0.2) is 18.2 Å². The summed E-state index contributed by atoms with van der Waals surface area (Å²) in [4.78, 5) is 2.49. The van der Waals surface area contributed by atoms with Gasteiger partial charge >= 0.3 is 0 Å². The van der Waals surface area contributed by atoms with E-state index in [0.29, 0.717) is 6.04 Å². The van der Waals surface area contributed by atoms with Crippen LogP contribution in [-0.2, 0) is 0 Å². The van der Waals surface area contributed by atoms with Gasteiger partial charge in [0.05, 0.1) is 6.61 Å². The van der Waals surface area contributed by atoms with E-state index >= 15 is 0 Å². The monoisotopic (exact) mass is 253 g/mol. The lowest BCUT2D eigenvalue weighted by molar-refractivity contribution is 0.207. The molecule has 1 aliphatic heterocycles. The van der Waals surface area contributed by atoms with Gasteiger partial charge in [-0.15, -0.1) is 0 Å². The lowest BCUT2D eigenvalue weighted by Gasteiger charge is -2.29. The number of ether oxygens (including phenoxy) is 1. The Bertz CT molecular complexity index is 376. The Hall–Kier alpha value is -0.730. The van der Waals surface area contributed by atoms with E-state index in [1.54, 1.807) is 0 Å². The van der Waals surface area contributed by atoms with Crippen LogP contribution < -0.4 is 4.74 Å². The molecule has 17 heavy (non-hydrogen) atoms. The average molecular weight is 254 g/mol. The summed E-state index contributed by atoms with van der Waals surface area (Å²) in [6.07, 6.45) is 2.27. The van der Waals surface area contributed by atoms with Crippen LogP contribution in [0.2, 0.25) is 5.02 Å². The fourth-order valence-electron chi connectivity index (χ4n) is 2.57. The summed E-state index contributed by atoms with van der Waals surface area (Å²) in [7, 11) is 0. The number of halogens is 1. The van der Waals surface area contributed by atoms with Gasteiger partial charge in [0, 0.05) is 16.6 Å². The smallest absolute Gasteiger partial charge is 0.125 e. The second-order valence-electron chi connectivity index (χ2n) is 4.41. The normalized spacial score (nSPS) is 19.6. The van der Waals surface area contributed by atoms with Crippen molar-refractivity contribution in [2.75, 3.05) is 19.7 Å². The van der Waals surface area contributed by atoms with E-state index in [1.807, 2.05) is 12.1 Å². The average Bonchev–Trinajstić information content (AvgIpc) is 2.53. The van der Waals surface area contributed by atoms with Crippen molar-refractivity contribution < 1.29 is 4.74 Å². The summed E-state index contributed by atoms with van der Waals surface area (Å²) in [5, 5.41) is 0.754. The van der Waals surface area contributed by atoms with E-state index in [4.69, 9.17) is 16.3 Å². The second-order valence-corrected chi connectivity index (χ2v) is 4.85. The third-order valence-corrected chi connectivity index (χ3v) is 3.70. The molecule has 0 bridgehead atoms. The highest BCUT2D eigenvalue weighted by atomic mass is 35.5. The van der Waals surface area contributed by atoms with E-state index in [9.17, 15) is 0 Å². The molecule has 0 radical (unpaired) electrons. The Morgan fingerprint density at radius 2 is 2.12 bits per heavy atom. The topological polar surface area (TPSA) is 12.5 Å². The van der Waals surface area contributed by atoms with Crippen LogP contribution in [0.1, 0.15) is 38.3 Å². The SMILES string of the molecule is CCN(CC)C1CCCOc2cc(Cl)ccc21. The lowest BCUT2D eigenvalue weighted by atomic mass is 10.0. The van der Waals surface area contributed by atoms with E-state index in [2.05, 4.69) is 24.8 Å². The number of nitrogens with zero attached hydrogens (tertiary/aromatic N) is 1. The van der Waals surface area contributed by atoms with Crippen molar-refractivity contribution in [1.82, 2.24) is 4.90 Å². The number of benzene rings is 1. The summed E-state index contributed by atoms with van der Waals surface area (Å²) in [6.45, 7) is 7.37. The summed E-state index contributed by atoms with van der Waals surface area (Å²) < 4.78 is 5.79. The maximum Gasteiger partial charge on any atom is 0.125 e. The molecule has 0 N–H and O–H groups in total. The molecule has 1 atom stereocenters. The van der Waals surface area contributed by atoms with Crippen LogP contribution in [0.5, 0.6) is 5.75 Å². The molecule has 1 aromatic carbocycles. The molecule has 0 aliphatic carbocycles. The Morgan fingerprint density at radius 1 is 1.35 bits per heavy atom. The zero-order valence-electron chi connectivity index (χ0n) is 10.6. The summed E-state index contributed by atoms with van der Waals surface area (Å²) in [6, 6.07) is 6.50. The largest absolute Gasteiger partial charge is 0.493 e. The fourth-order valence-corrected chi connectivity index (χ4v) is 2.73. The van der Waals surface area contributed by atoms with E-state index in [0.717, 1.165) is 43.3 Å². The van der Waals surface area contributed by atoms with Gasteiger partial charge in [0.2, 0.25) is 0 Å². The standard InChI is InChI=1S/C14H20ClNO/c1-3-16(4-2)13-6-5-9-17-14-10-11(15)7-8-12(13)14/h7-8,10,13H,3-6,9H2,1-2H3. The van der Waals surface area contributed by atoms with Crippen LogP contribution >= 0.6 is 11.6 Å². The van der Waals surface area contributed by atoms with Gasteiger partial charge in [-0.05, 0) is 38.1 Å². The van der Waals surface area contributed by atoms with Gasteiger partial charge in [0.25, 0.3) is 0 Å². The van der Waals surface area contributed by atoms with Gasteiger partial charge in [-0.25, -0.2) is 0 Å².